The third-order valence-electron chi connectivity index (χ3n) is 3.20. The van der Waals surface area contributed by atoms with Crippen LogP contribution in [-0.2, 0) is 6.54 Å². The number of halogens is 2. The van der Waals surface area contributed by atoms with E-state index in [1.807, 2.05) is 37.3 Å². The highest BCUT2D eigenvalue weighted by atomic mass is 19.1. The van der Waals surface area contributed by atoms with E-state index in [1.54, 1.807) is 6.92 Å². The quantitative estimate of drug-likeness (QED) is 0.872. The lowest BCUT2D eigenvalue weighted by atomic mass is 10.0. The summed E-state index contributed by atoms with van der Waals surface area (Å²) in [4.78, 5) is 0. The molecule has 3 heteroatoms. The van der Waals surface area contributed by atoms with Gasteiger partial charge in [0.25, 0.3) is 0 Å². The fourth-order valence-electron chi connectivity index (χ4n) is 1.97. The van der Waals surface area contributed by atoms with Gasteiger partial charge in [0.15, 0.2) is 0 Å². The van der Waals surface area contributed by atoms with Crippen molar-refractivity contribution < 1.29 is 8.78 Å². The average Bonchev–Trinajstić information content (AvgIpc) is 2.41. The average molecular weight is 261 g/mol. The van der Waals surface area contributed by atoms with Crippen LogP contribution >= 0.6 is 0 Å². The van der Waals surface area contributed by atoms with Crippen molar-refractivity contribution in [2.75, 3.05) is 0 Å². The topological polar surface area (TPSA) is 12.0 Å². The molecule has 1 N–H and O–H groups in total. The highest BCUT2D eigenvalue weighted by Crippen LogP contribution is 2.20. The SMILES string of the molecule is Cc1cc(F)c(C(C)NCc2ccccc2)cc1F. The predicted octanol–water partition coefficient (Wildman–Crippen LogP) is 4.12. The highest BCUT2D eigenvalue weighted by molar-refractivity contribution is 5.27. The zero-order valence-corrected chi connectivity index (χ0v) is 11.1. The smallest absolute Gasteiger partial charge is 0.128 e. The van der Waals surface area contributed by atoms with Gasteiger partial charge in [-0.05, 0) is 37.1 Å². The first kappa shape index (κ1) is 13.7. The summed E-state index contributed by atoms with van der Waals surface area (Å²) >= 11 is 0. The predicted molar refractivity (Wildman–Crippen MR) is 72.8 cm³/mol. The lowest BCUT2D eigenvalue weighted by Gasteiger charge is -2.16. The van der Waals surface area contributed by atoms with Gasteiger partial charge in [-0.3, -0.25) is 0 Å². The van der Waals surface area contributed by atoms with Gasteiger partial charge in [0.05, 0.1) is 0 Å². The van der Waals surface area contributed by atoms with Crippen molar-refractivity contribution in [3.8, 4) is 0 Å². The van der Waals surface area contributed by atoms with Gasteiger partial charge >= 0.3 is 0 Å². The lowest BCUT2D eigenvalue weighted by Crippen LogP contribution is -2.19. The first-order valence-electron chi connectivity index (χ1n) is 6.31. The van der Waals surface area contributed by atoms with Crippen LogP contribution in [0.5, 0.6) is 0 Å². The van der Waals surface area contributed by atoms with Gasteiger partial charge < -0.3 is 5.32 Å². The van der Waals surface area contributed by atoms with Crippen molar-refractivity contribution in [3.05, 3.63) is 70.8 Å². The minimum Gasteiger partial charge on any atom is -0.306 e. The number of hydrogen-bond acceptors (Lipinski definition) is 1. The van der Waals surface area contributed by atoms with Gasteiger partial charge in [-0.1, -0.05) is 30.3 Å². The molecule has 0 amide bonds. The molecule has 0 aliphatic rings. The molecule has 0 spiro atoms. The van der Waals surface area contributed by atoms with Crippen LogP contribution in [0.4, 0.5) is 8.78 Å². The number of aryl methyl sites for hydroxylation is 1. The second-order valence-electron chi connectivity index (χ2n) is 4.71. The summed E-state index contributed by atoms with van der Waals surface area (Å²) in [6.07, 6.45) is 0. The van der Waals surface area contributed by atoms with E-state index in [1.165, 1.54) is 12.1 Å². The summed E-state index contributed by atoms with van der Waals surface area (Å²) in [7, 11) is 0. The molecular weight excluding hydrogens is 244 g/mol. The zero-order valence-electron chi connectivity index (χ0n) is 11.1. The number of rotatable bonds is 4. The summed E-state index contributed by atoms with van der Waals surface area (Å²) in [5, 5.41) is 3.20. The van der Waals surface area contributed by atoms with Crippen LogP contribution in [0.25, 0.3) is 0 Å². The van der Waals surface area contributed by atoms with Gasteiger partial charge in [-0.25, -0.2) is 8.78 Å². The first-order chi connectivity index (χ1) is 9.08. The summed E-state index contributed by atoms with van der Waals surface area (Å²) in [6.45, 7) is 4.01. The van der Waals surface area contributed by atoms with Gasteiger partial charge in [0.2, 0.25) is 0 Å². The number of benzene rings is 2. The Kier molecular flexibility index (Phi) is 4.27. The van der Waals surface area contributed by atoms with Crippen LogP contribution in [0.3, 0.4) is 0 Å². The molecule has 1 nitrogen and oxygen atoms in total. The Bertz CT molecular complexity index is 552. The normalized spacial score (nSPS) is 12.4. The summed E-state index contributed by atoms with van der Waals surface area (Å²) < 4.78 is 27.3. The van der Waals surface area contributed by atoms with E-state index in [4.69, 9.17) is 0 Å². The molecule has 0 fully saturated rings. The van der Waals surface area contributed by atoms with Gasteiger partial charge in [-0.2, -0.15) is 0 Å². The van der Waals surface area contributed by atoms with E-state index in [0.717, 1.165) is 5.56 Å². The molecule has 2 aromatic carbocycles. The standard InChI is InChI=1S/C16H17F2N/c1-11-8-16(18)14(9-15(11)17)12(2)19-10-13-6-4-3-5-7-13/h3-9,12,19H,10H2,1-2H3. The second-order valence-corrected chi connectivity index (χ2v) is 4.71. The molecule has 0 aromatic heterocycles. The molecule has 19 heavy (non-hydrogen) atoms. The van der Waals surface area contributed by atoms with Gasteiger partial charge in [-0.15, -0.1) is 0 Å². The van der Waals surface area contributed by atoms with Crippen molar-refractivity contribution in [2.45, 2.75) is 26.4 Å². The van der Waals surface area contributed by atoms with Crippen LogP contribution < -0.4 is 5.32 Å². The van der Waals surface area contributed by atoms with E-state index in [0.29, 0.717) is 17.7 Å². The summed E-state index contributed by atoms with van der Waals surface area (Å²) in [5.41, 5.74) is 1.80. The molecular formula is C16H17F2N. The molecule has 0 saturated carbocycles. The zero-order chi connectivity index (χ0) is 13.8. The third-order valence-corrected chi connectivity index (χ3v) is 3.20. The molecule has 100 valence electrons. The Labute approximate surface area is 112 Å². The highest BCUT2D eigenvalue weighted by Gasteiger charge is 2.13. The maximum atomic E-state index is 13.8. The fourth-order valence-corrected chi connectivity index (χ4v) is 1.97. The third kappa shape index (κ3) is 3.38. The Morgan fingerprint density at radius 2 is 1.74 bits per heavy atom. The van der Waals surface area contributed by atoms with Crippen LogP contribution in [0.1, 0.15) is 29.7 Å². The Morgan fingerprint density at radius 1 is 1.05 bits per heavy atom. The van der Waals surface area contributed by atoms with Crippen molar-refractivity contribution >= 4 is 0 Å². The molecule has 0 aliphatic heterocycles. The lowest BCUT2D eigenvalue weighted by molar-refractivity contribution is 0.516. The molecule has 1 atom stereocenters. The van der Waals surface area contributed by atoms with Gasteiger partial charge in [0.1, 0.15) is 11.6 Å². The van der Waals surface area contributed by atoms with E-state index < -0.39 is 0 Å². The van der Waals surface area contributed by atoms with E-state index in [2.05, 4.69) is 5.32 Å². The Balaban J connectivity index is 2.08. The van der Waals surface area contributed by atoms with Crippen LogP contribution in [0.2, 0.25) is 0 Å². The summed E-state index contributed by atoms with van der Waals surface area (Å²) in [6, 6.07) is 12.1. The summed E-state index contributed by atoms with van der Waals surface area (Å²) in [5.74, 6) is -0.739. The minimum absolute atomic E-state index is 0.240. The molecule has 2 rings (SSSR count). The van der Waals surface area contributed by atoms with Crippen LogP contribution in [-0.4, -0.2) is 0 Å². The maximum Gasteiger partial charge on any atom is 0.128 e. The number of nitrogens with one attached hydrogen (secondary N) is 1. The maximum absolute atomic E-state index is 13.8. The Morgan fingerprint density at radius 3 is 2.42 bits per heavy atom. The molecule has 1 unspecified atom stereocenters. The van der Waals surface area contributed by atoms with Crippen molar-refractivity contribution in [1.82, 2.24) is 5.32 Å². The van der Waals surface area contributed by atoms with Crippen molar-refractivity contribution in [1.29, 1.82) is 0 Å². The van der Waals surface area contributed by atoms with Crippen LogP contribution in [0, 0.1) is 18.6 Å². The van der Waals surface area contributed by atoms with Crippen molar-refractivity contribution in [2.24, 2.45) is 0 Å². The van der Waals surface area contributed by atoms with Crippen molar-refractivity contribution in [3.63, 3.8) is 0 Å². The largest absolute Gasteiger partial charge is 0.306 e. The monoisotopic (exact) mass is 261 g/mol. The van der Waals surface area contributed by atoms with E-state index >= 15 is 0 Å². The molecule has 0 radical (unpaired) electrons. The second kappa shape index (κ2) is 5.93. The Hall–Kier alpha value is -1.74. The molecule has 0 aliphatic carbocycles. The van der Waals surface area contributed by atoms with Crippen LogP contribution in [0.15, 0.2) is 42.5 Å². The van der Waals surface area contributed by atoms with E-state index in [-0.39, 0.29) is 17.7 Å². The molecule has 0 bridgehead atoms. The van der Waals surface area contributed by atoms with E-state index in [9.17, 15) is 8.78 Å². The first-order valence-corrected chi connectivity index (χ1v) is 6.31. The fraction of sp³-hybridized carbons (Fsp3) is 0.250. The minimum atomic E-state index is -0.371. The van der Waals surface area contributed by atoms with Gasteiger partial charge in [0, 0.05) is 18.2 Å². The molecule has 0 heterocycles. The molecule has 0 saturated heterocycles. The number of hydrogen-bond donors (Lipinski definition) is 1. The molecule has 2 aromatic rings.